The molecule has 0 aliphatic rings. The van der Waals surface area contributed by atoms with Gasteiger partial charge in [-0.05, 0) is 143 Å². The van der Waals surface area contributed by atoms with Gasteiger partial charge in [0.15, 0.2) is 5.78 Å². The maximum atomic E-state index is 11.2. The Morgan fingerprint density at radius 2 is 0.704 bits per heavy atom. The van der Waals surface area contributed by atoms with Crippen molar-refractivity contribution in [3.63, 3.8) is 0 Å². The van der Waals surface area contributed by atoms with Gasteiger partial charge in [0.2, 0.25) is 0 Å². The summed E-state index contributed by atoms with van der Waals surface area (Å²) in [6.07, 6.45) is 36.5. The molecule has 0 aromatic rings. The molecule has 0 heterocycles. The largest absolute Gasteiger partial charge is 0.478 e. The number of hydrogen-bond acceptors (Lipinski definition) is 15. The van der Waals surface area contributed by atoms with Crippen LogP contribution in [0.2, 0.25) is 0 Å². The van der Waals surface area contributed by atoms with E-state index in [2.05, 4.69) is 25.2 Å². The number of allylic oxidation sites excluding steroid dienone is 23. The van der Waals surface area contributed by atoms with Crippen LogP contribution in [0.3, 0.4) is 0 Å². The summed E-state index contributed by atoms with van der Waals surface area (Å²) >= 11 is 0. The van der Waals surface area contributed by atoms with Crippen molar-refractivity contribution < 1.29 is 77.1 Å². The number of carbonyl (C=O) groups is 10. The molecule has 81 heavy (non-hydrogen) atoms. The normalized spacial score (nSPS) is 12.3. The molecule has 16 heteroatoms. The molecule has 0 aromatic heterocycles. The molecular weight excluding hydrogens is 1040 g/mol. The van der Waals surface area contributed by atoms with Crippen LogP contribution in [0, 0.1) is 11.8 Å². The lowest BCUT2D eigenvalue weighted by molar-refractivity contribution is -0.139. The summed E-state index contributed by atoms with van der Waals surface area (Å²) in [4.78, 5) is 105. The predicted octanol–water partition coefficient (Wildman–Crippen LogP) is 12.4. The quantitative estimate of drug-likeness (QED) is 0.0283. The number of aliphatic hydroxyl groups excluding tert-OH is 1. The molecule has 2 N–H and O–H groups in total. The number of rotatable bonds is 25. The van der Waals surface area contributed by atoms with Gasteiger partial charge in [-0.25, -0.2) is 24.0 Å². The van der Waals surface area contributed by atoms with Crippen LogP contribution in [-0.4, -0.2) is 104 Å². The van der Waals surface area contributed by atoms with Crippen LogP contribution >= 0.6 is 0 Å². The van der Waals surface area contributed by atoms with E-state index < -0.39 is 5.97 Å². The van der Waals surface area contributed by atoms with Gasteiger partial charge in [-0.3, -0.25) is 24.0 Å². The Labute approximate surface area is 483 Å². The van der Waals surface area contributed by atoms with E-state index in [4.69, 9.17) is 24.4 Å². The topological polar surface area (TPSA) is 248 Å². The summed E-state index contributed by atoms with van der Waals surface area (Å²) in [6.45, 7) is 37.0. The Bertz CT molecular complexity index is 2320. The number of aldehydes is 4. The number of ketones is 1. The highest BCUT2D eigenvalue weighted by molar-refractivity contribution is 5.93. The van der Waals surface area contributed by atoms with Crippen LogP contribution in [0.1, 0.15) is 125 Å². The van der Waals surface area contributed by atoms with Gasteiger partial charge in [0, 0.05) is 27.9 Å². The molecule has 0 aromatic carbocycles. The smallest absolute Gasteiger partial charge is 0.333 e. The van der Waals surface area contributed by atoms with E-state index in [0.717, 1.165) is 24.4 Å². The van der Waals surface area contributed by atoms with Gasteiger partial charge >= 0.3 is 29.8 Å². The summed E-state index contributed by atoms with van der Waals surface area (Å²) in [5, 5.41) is 17.1. The fraction of sp³-hybridized carbons (Fsp3) is 0.385. The van der Waals surface area contributed by atoms with Crippen LogP contribution < -0.4 is 0 Å². The Hall–Kier alpha value is -8.24. The summed E-state index contributed by atoms with van der Waals surface area (Å²) in [5.41, 5.74) is 5.21. The van der Waals surface area contributed by atoms with Gasteiger partial charge in [0.05, 0.1) is 33.0 Å². The fourth-order valence-electron chi connectivity index (χ4n) is 3.68. The number of Topliss-reactive ketones (excluding diaryl/α,β-unsaturated/α-hetero) is 1. The van der Waals surface area contributed by atoms with Crippen LogP contribution in [0.15, 0.2) is 178 Å². The highest BCUT2D eigenvalue weighted by atomic mass is 16.5. The van der Waals surface area contributed by atoms with Gasteiger partial charge in [-0.15, -0.1) is 0 Å². The molecule has 0 fully saturated rings. The zero-order chi connectivity index (χ0) is 64.1. The molecular formula is C65H94O16. The lowest BCUT2D eigenvalue weighted by atomic mass is 10.2. The van der Waals surface area contributed by atoms with E-state index in [1.807, 2.05) is 32.1 Å². The van der Waals surface area contributed by atoms with E-state index in [1.165, 1.54) is 44.2 Å². The van der Waals surface area contributed by atoms with E-state index in [0.29, 0.717) is 83.6 Å². The minimum atomic E-state index is -0.924. The monoisotopic (exact) mass is 1130 g/mol. The van der Waals surface area contributed by atoms with E-state index >= 15 is 0 Å². The van der Waals surface area contributed by atoms with Crippen LogP contribution in [0.5, 0.6) is 0 Å². The van der Waals surface area contributed by atoms with Gasteiger partial charge < -0.3 is 29.2 Å². The van der Waals surface area contributed by atoms with Gasteiger partial charge in [0.1, 0.15) is 25.1 Å². The van der Waals surface area contributed by atoms with Crippen molar-refractivity contribution in [3.8, 4) is 0 Å². The molecule has 0 radical (unpaired) electrons. The molecule has 16 nitrogen and oxygen atoms in total. The molecule has 0 aliphatic heterocycles. The zero-order valence-electron chi connectivity index (χ0n) is 51.4. The fourth-order valence-corrected chi connectivity index (χ4v) is 3.68. The molecule has 0 atom stereocenters. The number of aliphatic hydroxyl groups is 1. The van der Waals surface area contributed by atoms with Gasteiger partial charge in [-0.2, -0.15) is 0 Å². The lowest BCUT2D eigenvalue weighted by Crippen LogP contribution is -2.04. The molecule has 0 bridgehead atoms. The van der Waals surface area contributed by atoms with E-state index in [1.54, 1.807) is 156 Å². The number of aliphatic carboxylic acids is 1. The third-order valence-electron chi connectivity index (χ3n) is 8.35. The summed E-state index contributed by atoms with van der Waals surface area (Å²) in [5.74, 6) is -1.12. The Morgan fingerprint density at radius 3 is 0.975 bits per heavy atom. The second-order valence-corrected chi connectivity index (χ2v) is 17.1. The summed E-state index contributed by atoms with van der Waals surface area (Å²) in [6, 6.07) is 0. The first-order valence-corrected chi connectivity index (χ1v) is 25.9. The maximum absolute atomic E-state index is 11.2. The van der Waals surface area contributed by atoms with Crippen molar-refractivity contribution >= 4 is 60.8 Å². The van der Waals surface area contributed by atoms with E-state index in [9.17, 15) is 47.9 Å². The number of ether oxygens (including phenoxy) is 4. The maximum Gasteiger partial charge on any atom is 0.333 e. The number of carboxylic acid groups (broad SMARTS) is 1. The first-order chi connectivity index (χ1) is 38.0. The average molecular weight is 1130 g/mol. The second kappa shape index (κ2) is 62.6. The highest BCUT2D eigenvalue weighted by Gasteiger charge is 2.04. The first kappa shape index (κ1) is 86.6. The molecule has 0 unspecified atom stereocenters. The van der Waals surface area contributed by atoms with Crippen molar-refractivity contribution in [2.75, 3.05) is 33.0 Å². The third-order valence-corrected chi connectivity index (χ3v) is 8.35. The van der Waals surface area contributed by atoms with Crippen LogP contribution in [0.4, 0.5) is 0 Å². The van der Waals surface area contributed by atoms with E-state index in [-0.39, 0.29) is 41.8 Å². The Morgan fingerprint density at radius 1 is 0.407 bits per heavy atom. The SMILES string of the molecule is C=C(C)C(=O)OCC.CC(C)/C=C/C=O.CCOC(=O)/C(C)=C/C=C/C(C)C.CCOC(=O)/C(C)=C/C=C/C=C(\C)C(C)=O.CCOC(=O)/C(C)=C/C=C/C=O.C\C(=C/C=C/C=C(\C)C(=O)O)CO.C\C(C=O)=C/C=C/C=C(\C)C=O. The summed E-state index contributed by atoms with van der Waals surface area (Å²) in [7, 11) is 0. The Kier molecular flexibility index (Phi) is 67.0. The first-order valence-electron chi connectivity index (χ1n) is 25.9. The molecule has 0 saturated heterocycles. The van der Waals surface area contributed by atoms with Crippen molar-refractivity contribution in [1.82, 2.24) is 0 Å². The predicted molar refractivity (Wildman–Crippen MR) is 326 cm³/mol. The minimum absolute atomic E-state index is 0.0198. The standard InChI is InChI=1S/C13H18O3.C11H18O2.C10H14O3.C10H12O2.C9H12O3.C6H10O2.C6H10O/c1-5-16-13(15)11(3)9-7-6-8-10(2)12(4)14;1-5-13-11(12)10(4)8-6-7-9(2)3;1-8(7-11)5-3-4-6-9(2)10(12)13;1-9(7-11)5-3-4-6-10(2)8-12;1-3-12-9(11)8(2)6-4-5-7-10;1-4-8-6(7)5(2)3;1-6(2)4-3-5-7/h6-9H,5H2,1-4H3;6-9H,5H2,1-4H3;3-6,11H,7H2,1-2H3,(H,12,13);3-8H,1-2H3;4-7H,3H2,1-2H3;2,4H2,1,3H3;3-6H,1-2H3/b7-6+,10-8+,11-9+;7-6+,10-8+;4-3+,8-5+,9-6+;4-3+,9-5+,10-6+;5-4+,8-6+;;4-3+. The number of hydrogen-bond donors (Lipinski definition) is 2. The average Bonchev–Trinajstić information content (AvgIpc) is 3.42. The minimum Gasteiger partial charge on any atom is -0.478 e. The van der Waals surface area contributed by atoms with Gasteiger partial charge in [0.25, 0.3) is 0 Å². The van der Waals surface area contributed by atoms with Crippen LogP contribution in [0.25, 0.3) is 0 Å². The highest BCUT2D eigenvalue weighted by Crippen LogP contribution is 2.02. The molecule has 0 saturated carbocycles. The summed E-state index contributed by atoms with van der Waals surface area (Å²) < 4.78 is 18.9. The zero-order valence-corrected chi connectivity index (χ0v) is 51.4. The number of carboxylic acids is 1. The third kappa shape index (κ3) is 71.8. The molecule has 450 valence electrons. The molecule has 0 spiro atoms. The van der Waals surface area contributed by atoms with Crippen molar-refractivity contribution in [3.05, 3.63) is 178 Å². The molecule has 0 aliphatic carbocycles. The second-order valence-electron chi connectivity index (χ2n) is 17.1. The number of carbonyl (C=O) groups excluding carboxylic acids is 9. The number of esters is 4. The van der Waals surface area contributed by atoms with Crippen molar-refractivity contribution in [2.24, 2.45) is 11.8 Å². The Balaban J connectivity index is -0.000000160. The lowest BCUT2D eigenvalue weighted by Gasteiger charge is -1.99. The van der Waals surface area contributed by atoms with Gasteiger partial charge in [-0.1, -0.05) is 144 Å². The van der Waals surface area contributed by atoms with Crippen molar-refractivity contribution in [1.29, 1.82) is 0 Å². The molecule has 0 rings (SSSR count). The van der Waals surface area contributed by atoms with Crippen molar-refractivity contribution in [2.45, 2.75) is 125 Å². The van der Waals surface area contributed by atoms with Crippen LogP contribution in [-0.2, 0) is 66.9 Å². The molecule has 0 amide bonds.